The molecule has 1 aromatic heterocycles. The Kier molecular flexibility index (Phi) is 4.82. The average Bonchev–Trinajstić information content (AvgIpc) is 2.38. The molecule has 1 aliphatic rings. The summed E-state index contributed by atoms with van der Waals surface area (Å²) in [5.41, 5.74) is 2.29. The topological polar surface area (TPSA) is 106 Å². The van der Waals surface area contributed by atoms with Crippen LogP contribution in [-0.4, -0.2) is 32.2 Å². The number of nitrogens with one attached hydrogen (secondary N) is 2. The smallest absolute Gasteiger partial charge is 0.242 e. The van der Waals surface area contributed by atoms with E-state index in [4.69, 9.17) is 22.2 Å². The molecule has 1 saturated heterocycles. The maximum Gasteiger partial charge on any atom is 0.242 e. The van der Waals surface area contributed by atoms with Gasteiger partial charge in [-0.3, -0.25) is 0 Å². The van der Waals surface area contributed by atoms with Crippen LogP contribution < -0.4 is 16.0 Å². The molecule has 0 spiro atoms. The van der Waals surface area contributed by atoms with Gasteiger partial charge in [0.15, 0.2) is 5.82 Å². The lowest BCUT2D eigenvalue weighted by Gasteiger charge is -2.27. The molecule has 7 nitrogen and oxygen atoms in total. The summed E-state index contributed by atoms with van der Waals surface area (Å²) in [6.07, 6.45) is 2.55. The highest BCUT2D eigenvalue weighted by molar-refractivity contribution is 7.89. The number of hydrogen-bond donors (Lipinski definition) is 3. The standard InChI is InChI=1S/C11H17ClN4O3S/c1-7-4-8(2-3-19-7)16-20(17,18)9-5-10(12)11(15-13)14-6-9/h5-8,16H,2-4,13H2,1H3,(H,14,15). The molecule has 4 N–H and O–H groups in total. The molecule has 20 heavy (non-hydrogen) atoms. The van der Waals surface area contributed by atoms with Crippen molar-refractivity contribution in [3.63, 3.8) is 0 Å². The zero-order chi connectivity index (χ0) is 14.8. The quantitative estimate of drug-likeness (QED) is 0.561. The molecule has 2 rings (SSSR count). The van der Waals surface area contributed by atoms with Gasteiger partial charge in [-0.1, -0.05) is 11.6 Å². The van der Waals surface area contributed by atoms with Gasteiger partial charge in [0.25, 0.3) is 0 Å². The van der Waals surface area contributed by atoms with E-state index in [0.29, 0.717) is 19.4 Å². The Morgan fingerprint density at radius 3 is 2.90 bits per heavy atom. The van der Waals surface area contributed by atoms with E-state index in [1.807, 2.05) is 6.92 Å². The number of halogens is 1. The number of sulfonamides is 1. The minimum atomic E-state index is -3.65. The molecule has 2 unspecified atom stereocenters. The highest BCUT2D eigenvalue weighted by Crippen LogP contribution is 2.22. The normalized spacial score (nSPS) is 23.6. The van der Waals surface area contributed by atoms with Crippen LogP contribution in [0.15, 0.2) is 17.2 Å². The molecule has 1 fully saturated rings. The van der Waals surface area contributed by atoms with Crippen LogP contribution in [0, 0.1) is 0 Å². The predicted molar refractivity (Wildman–Crippen MR) is 75.8 cm³/mol. The molecule has 9 heteroatoms. The number of pyridine rings is 1. The van der Waals surface area contributed by atoms with Crippen molar-refractivity contribution in [3.8, 4) is 0 Å². The van der Waals surface area contributed by atoms with E-state index >= 15 is 0 Å². The molecule has 1 aliphatic heterocycles. The Morgan fingerprint density at radius 2 is 2.30 bits per heavy atom. The summed E-state index contributed by atoms with van der Waals surface area (Å²) in [5, 5.41) is 0.149. The second-order valence-electron chi connectivity index (χ2n) is 4.67. The van der Waals surface area contributed by atoms with Crippen molar-refractivity contribution in [1.29, 1.82) is 0 Å². The summed E-state index contributed by atoms with van der Waals surface area (Å²) in [5.74, 6) is 5.43. The second-order valence-corrected chi connectivity index (χ2v) is 6.79. The highest BCUT2D eigenvalue weighted by Gasteiger charge is 2.25. The van der Waals surface area contributed by atoms with Crippen LogP contribution in [0.25, 0.3) is 0 Å². The number of hydrazine groups is 1. The minimum Gasteiger partial charge on any atom is -0.378 e. The predicted octanol–water partition coefficient (Wildman–Crippen LogP) is 0.866. The first kappa shape index (κ1) is 15.5. The fraction of sp³-hybridized carbons (Fsp3) is 0.545. The number of nitrogens with zero attached hydrogens (tertiary/aromatic N) is 1. The third-order valence-corrected chi connectivity index (χ3v) is 4.85. The number of nitrogen functional groups attached to an aromatic ring is 1. The molecule has 0 amide bonds. The van der Waals surface area contributed by atoms with Crippen molar-refractivity contribution in [2.75, 3.05) is 12.0 Å². The van der Waals surface area contributed by atoms with E-state index in [9.17, 15) is 8.42 Å². The lowest BCUT2D eigenvalue weighted by Crippen LogP contribution is -2.41. The van der Waals surface area contributed by atoms with Gasteiger partial charge in [0.2, 0.25) is 10.0 Å². The van der Waals surface area contributed by atoms with E-state index in [1.54, 1.807) is 0 Å². The fourth-order valence-electron chi connectivity index (χ4n) is 2.07. The zero-order valence-corrected chi connectivity index (χ0v) is 12.5. The van der Waals surface area contributed by atoms with Crippen molar-refractivity contribution in [2.45, 2.75) is 36.8 Å². The first-order chi connectivity index (χ1) is 9.42. The number of aromatic nitrogens is 1. The Labute approximate surface area is 122 Å². The van der Waals surface area contributed by atoms with E-state index in [1.165, 1.54) is 12.3 Å². The maximum absolute atomic E-state index is 12.3. The Balaban J connectivity index is 2.15. The van der Waals surface area contributed by atoms with Gasteiger partial charge in [0.05, 0.1) is 11.1 Å². The number of anilines is 1. The third-order valence-electron chi connectivity index (χ3n) is 3.07. The lowest BCUT2D eigenvalue weighted by molar-refractivity contribution is 0.0173. The maximum atomic E-state index is 12.3. The summed E-state index contributed by atoms with van der Waals surface area (Å²) in [6, 6.07) is 1.17. The SMILES string of the molecule is CC1CC(NS(=O)(=O)c2cnc(NN)c(Cl)c2)CCO1. The fourth-order valence-corrected chi connectivity index (χ4v) is 3.61. The molecule has 2 atom stereocenters. The van der Waals surface area contributed by atoms with Crippen LogP contribution in [0.3, 0.4) is 0 Å². The molecule has 112 valence electrons. The third kappa shape index (κ3) is 3.58. The Morgan fingerprint density at radius 1 is 1.55 bits per heavy atom. The van der Waals surface area contributed by atoms with Gasteiger partial charge in [0, 0.05) is 18.8 Å². The first-order valence-electron chi connectivity index (χ1n) is 6.18. The van der Waals surface area contributed by atoms with E-state index in [0.717, 1.165) is 0 Å². The van der Waals surface area contributed by atoms with Gasteiger partial charge < -0.3 is 10.2 Å². The molecule has 2 heterocycles. The first-order valence-corrected chi connectivity index (χ1v) is 8.04. The number of ether oxygens (including phenoxy) is 1. The van der Waals surface area contributed by atoms with Crippen molar-refractivity contribution >= 4 is 27.4 Å². The zero-order valence-electron chi connectivity index (χ0n) is 11.0. The summed E-state index contributed by atoms with van der Waals surface area (Å²) >= 11 is 5.88. The van der Waals surface area contributed by atoms with Gasteiger partial charge in [-0.2, -0.15) is 0 Å². The molecule has 0 aliphatic carbocycles. The van der Waals surface area contributed by atoms with Gasteiger partial charge in [-0.15, -0.1) is 0 Å². The van der Waals surface area contributed by atoms with E-state index < -0.39 is 10.0 Å². The monoisotopic (exact) mass is 320 g/mol. The molecule has 0 saturated carbocycles. The average molecular weight is 321 g/mol. The minimum absolute atomic E-state index is 0.0145. The number of nitrogens with two attached hydrogens (primary N) is 1. The van der Waals surface area contributed by atoms with Crippen LogP contribution >= 0.6 is 11.6 Å². The molecular formula is C11H17ClN4O3S. The van der Waals surface area contributed by atoms with Gasteiger partial charge in [-0.25, -0.2) is 24.0 Å². The van der Waals surface area contributed by atoms with Crippen molar-refractivity contribution < 1.29 is 13.2 Å². The van der Waals surface area contributed by atoms with Crippen molar-refractivity contribution in [3.05, 3.63) is 17.3 Å². The number of hydrogen-bond acceptors (Lipinski definition) is 6. The van der Waals surface area contributed by atoms with Crippen LogP contribution in [0.1, 0.15) is 19.8 Å². The number of rotatable bonds is 4. The van der Waals surface area contributed by atoms with Gasteiger partial charge in [0.1, 0.15) is 4.90 Å². The Bertz CT molecular complexity index is 581. The van der Waals surface area contributed by atoms with Crippen molar-refractivity contribution in [1.82, 2.24) is 9.71 Å². The molecule has 0 aromatic carbocycles. The van der Waals surface area contributed by atoms with Gasteiger partial charge in [-0.05, 0) is 25.8 Å². The molecular weight excluding hydrogens is 304 g/mol. The largest absolute Gasteiger partial charge is 0.378 e. The lowest BCUT2D eigenvalue weighted by atomic mass is 10.1. The molecule has 0 radical (unpaired) electrons. The highest BCUT2D eigenvalue weighted by atomic mass is 35.5. The molecule has 0 bridgehead atoms. The van der Waals surface area contributed by atoms with Crippen LogP contribution in [0.2, 0.25) is 5.02 Å². The van der Waals surface area contributed by atoms with Crippen molar-refractivity contribution in [2.24, 2.45) is 5.84 Å². The van der Waals surface area contributed by atoms with E-state index in [-0.39, 0.29) is 27.9 Å². The van der Waals surface area contributed by atoms with Crippen LogP contribution in [0.5, 0.6) is 0 Å². The summed E-state index contributed by atoms with van der Waals surface area (Å²) in [4.78, 5) is 3.87. The second kappa shape index (κ2) is 6.23. The molecule has 1 aromatic rings. The summed E-state index contributed by atoms with van der Waals surface area (Å²) in [7, 11) is -3.65. The van der Waals surface area contributed by atoms with Crippen LogP contribution in [0.4, 0.5) is 5.82 Å². The summed E-state index contributed by atoms with van der Waals surface area (Å²) < 4.78 is 32.5. The Hall–Kier alpha value is -0.930. The summed E-state index contributed by atoms with van der Waals surface area (Å²) in [6.45, 7) is 2.46. The van der Waals surface area contributed by atoms with Gasteiger partial charge >= 0.3 is 0 Å². The van der Waals surface area contributed by atoms with Crippen LogP contribution in [-0.2, 0) is 14.8 Å². The van der Waals surface area contributed by atoms with E-state index in [2.05, 4.69) is 15.1 Å².